The zero-order chi connectivity index (χ0) is 18.9. The summed E-state index contributed by atoms with van der Waals surface area (Å²) in [5.41, 5.74) is 13.2. The molecule has 4 N–H and O–H groups in total. The molecule has 2 heterocycles. The first-order valence-corrected chi connectivity index (χ1v) is 9.56. The van der Waals surface area contributed by atoms with Crippen molar-refractivity contribution in [3.8, 4) is 0 Å². The highest BCUT2D eigenvalue weighted by Crippen LogP contribution is 2.39. The van der Waals surface area contributed by atoms with Crippen LogP contribution in [0.2, 0.25) is 0 Å². The third-order valence-electron chi connectivity index (χ3n) is 5.50. The zero-order valence-corrected chi connectivity index (χ0v) is 15.4. The van der Waals surface area contributed by atoms with Gasteiger partial charge < -0.3 is 21.1 Å². The van der Waals surface area contributed by atoms with Crippen LogP contribution >= 0.6 is 0 Å². The van der Waals surface area contributed by atoms with Crippen molar-refractivity contribution in [2.75, 3.05) is 31.2 Å². The third-order valence-corrected chi connectivity index (χ3v) is 5.50. The first-order valence-electron chi connectivity index (χ1n) is 9.56. The largest absolute Gasteiger partial charge is 0.378 e. The topological polar surface area (TPSA) is 110 Å². The molecule has 0 radical (unpaired) electrons. The Labute approximate surface area is 158 Å². The summed E-state index contributed by atoms with van der Waals surface area (Å²) in [7, 11) is 0. The Morgan fingerprint density at radius 3 is 2.59 bits per heavy atom. The lowest BCUT2D eigenvalue weighted by Crippen LogP contribution is -2.58. The van der Waals surface area contributed by atoms with Crippen molar-refractivity contribution in [3.63, 3.8) is 0 Å². The molecule has 0 unspecified atom stereocenters. The lowest BCUT2D eigenvalue weighted by Gasteiger charge is -2.45. The fraction of sp³-hybridized carbons (Fsp3) is 0.526. The Balaban J connectivity index is 1.67. The van der Waals surface area contributed by atoms with E-state index in [2.05, 4.69) is 9.98 Å². The Kier molecular flexibility index (Phi) is 4.73. The number of hydrogen-bond donors (Lipinski definition) is 2. The maximum atomic E-state index is 12.9. The van der Waals surface area contributed by atoms with Gasteiger partial charge in [0.05, 0.1) is 13.2 Å². The van der Waals surface area contributed by atoms with Crippen molar-refractivity contribution in [1.29, 1.82) is 0 Å². The summed E-state index contributed by atoms with van der Waals surface area (Å²) >= 11 is 0. The highest BCUT2D eigenvalue weighted by molar-refractivity contribution is 6.06. The molecule has 4 rings (SSSR count). The van der Waals surface area contributed by atoms with Gasteiger partial charge in [0.15, 0.2) is 0 Å². The van der Waals surface area contributed by atoms with Gasteiger partial charge in [0.25, 0.3) is 5.91 Å². The molecule has 1 amide bonds. The average Bonchev–Trinajstić information content (AvgIpc) is 2.68. The minimum atomic E-state index is -0.505. The summed E-state index contributed by atoms with van der Waals surface area (Å²) in [5, 5.41) is 0. The monoisotopic (exact) mass is 370 g/mol. The van der Waals surface area contributed by atoms with E-state index in [1.165, 1.54) is 6.42 Å². The standard InChI is InChI=1S/C19H26N6O2/c20-17-22-18(21)25(19(23-17)7-2-1-3-8-19)15-6-4-5-14(13-15)16(26)24-9-11-27-12-10-24/h4-6,13H,1-3,7-12H2,(H4,20,21,22,23). The molecule has 3 aliphatic rings. The molecule has 2 fully saturated rings. The number of nitrogens with two attached hydrogens (primary N) is 2. The summed E-state index contributed by atoms with van der Waals surface area (Å²) < 4.78 is 5.34. The van der Waals surface area contributed by atoms with Gasteiger partial charge in [-0.25, -0.2) is 4.99 Å². The Morgan fingerprint density at radius 2 is 1.85 bits per heavy atom. The number of aliphatic imine (C=N–C) groups is 2. The molecular formula is C19H26N6O2. The molecular weight excluding hydrogens is 344 g/mol. The highest BCUT2D eigenvalue weighted by atomic mass is 16.5. The molecule has 27 heavy (non-hydrogen) atoms. The summed E-state index contributed by atoms with van der Waals surface area (Å²) in [5.74, 6) is 0.569. The van der Waals surface area contributed by atoms with E-state index >= 15 is 0 Å². The summed E-state index contributed by atoms with van der Waals surface area (Å²) in [6, 6.07) is 7.55. The molecule has 1 aromatic rings. The van der Waals surface area contributed by atoms with Gasteiger partial charge in [-0.3, -0.25) is 9.69 Å². The summed E-state index contributed by atoms with van der Waals surface area (Å²) in [6.07, 6.45) is 5.04. The SMILES string of the molecule is NC1=NC2(CCCCC2)N(c2cccc(C(=O)N3CCOCC3)c2)C(N)=N1. The highest BCUT2D eigenvalue weighted by Gasteiger charge is 2.42. The van der Waals surface area contributed by atoms with Crippen LogP contribution in [0, 0.1) is 0 Å². The van der Waals surface area contributed by atoms with Crippen LogP contribution in [0.5, 0.6) is 0 Å². The van der Waals surface area contributed by atoms with Crippen LogP contribution in [0.3, 0.4) is 0 Å². The van der Waals surface area contributed by atoms with Gasteiger partial charge in [0.2, 0.25) is 11.9 Å². The van der Waals surface area contributed by atoms with Crippen LogP contribution in [0.25, 0.3) is 0 Å². The maximum absolute atomic E-state index is 12.9. The van der Waals surface area contributed by atoms with Crippen molar-refractivity contribution in [2.24, 2.45) is 21.5 Å². The van der Waals surface area contributed by atoms with Gasteiger partial charge >= 0.3 is 0 Å². The van der Waals surface area contributed by atoms with Crippen molar-refractivity contribution in [2.45, 2.75) is 37.8 Å². The smallest absolute Gasteiger partial charge is 0.254 e. The number of rotatable bonds is 2. The van der Waals surface area contributed by atoms with E-state index in [0.717, 1.165) is 31.4 Å². The van der Waals surface area contributed by atoms with Crippen LogP contribution in [0.15, 0.2) is 34.3 Å². The van der Waals surface area contributed by atoms with E-state index in [4.69, 9.17) is 16.2 Å². The number of nitrogens with zero attached hydrogens (tertiary/aromatic N) is 4. The molecule has 2 aliphatic heterocycles. The lowest BCUT2D eigenvalue weighted by molar-refractivity contribution is 0.0303. The van der Waals surface area contributed by atoms with Gasteiger partial charge in [0.1, 0.15) is 5.66 Å². The normalized spacial score (nSPS) is 22.4. The minimum Gasteiger partial charge on any atom is -0.378 e. The number of carbonyl (C=O) groups excluding carboxylic acids is 1. The van der Waals surface area contributed by atoms with Gasteiger partial charge in [0, 0.05) is 24.3 Å². The van der Waals surface area contributed by atoms with Gasteiger partial charge in [-0.2, -0.15) is 4.99 Å². The molecule has 8 nitrogen and oxygen atoms in total. The number of guanidine groups is 2. The number of anilines is 1. The summed E-state index contributed by atoms with van der Waals surface area (Å²) in [6.45, 7) is 2.38. The molecule has 144 valence electrons. The van der Waals surface area contributed by atoms with Gasteiger partial charge in [-0.15, -0.1) is 0 Å². The van der Waals surface area contributed by atoms with Crippen LogP contribution < -0.4 is 16.4 Å². The van der Waals surface area contributed by atoms with Gasteiger partial charge in [-0.1, -0.05) is 12.5 Å². The molecule has 1 saturated carbocycles. The van der Waals surface area contributed by atoms with E-state index < -0.39 is 5.66 Å². The zero-order valence-electron chi connectivity index (χ0n) is 15.4. The number of benzene rings is 1. The molecule has 8 heteroatoms. The van der Waals surface area contributed by atoms with E-state index in [1.807, 2.05) is 34.1 Å². The number of morpholine rings is 1. The molecule has 1 aliphatic carbocycles. The Morgan fingerprint density at radius 1 is 1.11 bits per heavy atom. The Hall–Kier alpha value is -2.61. The number of ether oxygens (including phenoxy) is 1. The average molecular weight is 370 g/mol. The third kappa shape index (κ3) is 3.37. The van der Waals surface area contributed by atoms with Crippen molar-refractivity contribution in [3.05, 3.63) is 29.8 Å². The van der Waals surface area contributed by atoms with Gasteiger partial charge in [-0.05, 0) is 43.9 Å². The molecule has 0 bridgehead atoms. The molecule has 1 spiro atoms. The van der Waals surface area contributed by atoms with E-state index in [9.17, 15) is 4.79 Å². The molecule has 1 saturated heterocycles. The van der Waals surface area contributed by atoms with Crippen molar-refractivity contribution < 1.29 is 9.53 Å². The fourth-order valence-corrected chi connectivity index (χ4v) is 4.22. The quantitative estimate of drug-likeness (QED) is 0.815. The first-order chi connectivity index (χ1) is 13.1. The minimum absolute atomic E-state index is 0.00776. The van der Waals surface area contributed by atoms with Crippen molar-refractivity contribution >= 4 is 23.5 Å². The molecule has 0 atom stereocenters. The molecule has 1 aromatic carbocycles. The maximum Gasteiger partial charge on any atom is 0.254 e. The van der Waals surface area contributed by atoms with Crippen LogP contribution in [0.4, 0.5) is 5.69 Å². The first kappa shape index (κ1) is 17.8. The molecule has 0 aromatic heterocycles. The number of amides is 1. The second kappa shape index (κ2) is 7.19. The number of carbonyl (C=O) groups is 1. The number of hydrogen-bond acceptors (Lipinski definition) is 7. The predicted molar refractivity (Wildman–Crippen MR) is 105 cm³/mol. The second-order valence-corrected chi connectivity index (χ2v) is 7.27. The lowest BCUT2D eigenvalue weighted by atomic mass is 9.87. The van der Waals surface area contributed by atoms with E-state index in [-0.39, 0.29) is 11.9 Å². The van der Waals surface area contributed by atoms with Crippen molar-refractivity contribution in [1.82, 2.24) is 4.90 Å². The van der Waals surface area contributed by atoms with E-state index in [0.29, 0.717) is 37.8 Å². The van der Waals surface area contributed by atoms with Crippen LogP contribution in [-0.2, 0) is 4.74 Å². The van der Waals surface area contributed by atoms with Crippen LogP contribution in [0.1, 0.15) is 42.5 Å². The summed E-state index contributed by atoms with van der Waals surface area (Å²) in [4.78, 5) is 25.5. The second-order valence-electron chi connectivity index (χ2n) is 7.27. The Bertz CT molecular complexity index is 778. The fourth-order valence-electron chi connectivity index (χ4n) is 4.22. The predicted octanol–water partition coefficient (Wildman–Crippen LogP) is 1.27. The van der Waals surface area contributed by atoms with Crippen LogP contribution in [-0.4, -0.2) is 54.7 Å². The van der Waals surface area contributed by atoms with E-state index in [1.54, 1.807) is 0 Å².